The Morgan fingerprint density at radius 2 is 1.79 bits per heavy atom. The van der Waals surface area contributed by atoms with Crippen molar-refractivity contribution in [2.75, 3.05) is 40.5 Å². The molecule has 0 aromatic heterocycles. The lowest BCUT2D eigenvalue weighted by Crippen LogP contribution is -2.53. The van der Waals surface area contributed by atoms with Crippen LogP contribution in [-0.2, 0) is 9.53 Å². The third-order valence-corrected chi connectivity index (χ3v) is 6.46. The molecule has 1 unspecified atom stereocenters. The summed E-state index contributed by atoms with van der Waals surface area (Å²) in [6, 6.07) is 5.53. The second-order valence-electron chi connectivity index (χ2n) is 9.30. The fourth-order valence-electron chi connectivity index (χ4n) is 4.98. The molecule has 4 rings (SSSR count). The molecule has 9 nitrogen and oxygen atoms in total. The van der Waals surface area contributed by atoms with Crippen molar-refractivity contribution >= 4 is 5.78 Å². The number of nitrogens with two attached hydrogens (primary N) is 1. The van der Waals surface area contributed by atoms with Crippen LogP contribution in [0.25, 0.3) is 0 Å². The van der Waals surface area contributed by atoms with E-state index in [1.807, 2.05) is 10.0 Å². The van der Waals surface area contributed by atoms with Crippen molar-refractivity contribution in [2.24, 2.45) is 11.1 Å². The van der Waals surface area contributed by atoms with Gasteiger partial charge in [0.15, 0.2) is 17.3 Å². The predicted octanol–water partition coefficient (Wildman–Crippen LogP) is 2.39. The quantitative estimate of drug-likeness (QED) is 0.706. The van der Waals surface area contributed by atoms with Gasteiger partial charge >= 0.3 is 0 Å². The average Bonchev–Trinajstić information content (AvgIpc) is 2.78. The van der Waals surface area contributed by atoms with Crippen LogP contribution in [0.1, 0.15) is 38.2 Å². The standard InChI is InChI=1S/C24H30N4O5/c1-24(2)11-16-21(17(29)12-24)20(14-9-18(31-3)22(30)19(10-14)32-4)15(13-25)23(26)28(16)27-5-7-33-8-6-27/h9-10,20,30H,5-8,11-12,26H2,1-4H3. The summed E-state index contributed by atoms with van der Waals surface area (Å²) >= 11 is 0. The van der Waals surface area contributed by atoms with E-state index < -0.39 is 5.92 Å². The van der Waals surface area contributed by atoms with E-state index in [9.17, 15) is 15.2 Å². The van der Waals surface area contributed by atoms with Gasteiger partial charge in [-0.2, -0.15) is 5.26 Å². The minimum atomic E-state index is -0.686. The highest BCUT2D eigenvalue weighted by molar-refractivity contribution is 6.00. The summed E-state index contributed by atoms with van der Waals surface area (Å²) < 4.78 is 16.2. The Balaban J connectivity index is 1.96. The number of morpholine rings is 1. The van der Waals surface area contributed by atoms with Crippen molar-refractivity contribution in [1.29, 1.82) is 5.26 Å². The van der Waals surface area contributed by atoms with Crippen LogP contribution in [0.15, 0.2) is 34.8 Å². The third kappa shape index (κ3) is 3.90. The molecule has 1 atom stereocenters. The molecule has 2 aliphatic heterocycles. The van der Waals surface area contributed by atoms with Crippen molar-refractivity contribution in [2.45, 2.75) is 32.6 Å². The summed E-state index contributed by atoms with van der Waals surface area (Å²) in [6.07, 6.45) is 0.998. The first kappa shape index (κ1) is 23.0. The number of hydrogen-bond acceptors (Lipinski definition) is 9. The lowest BCUT2D eigenvalue weighted by Gasteiger charge is -2.48. The van der Waals surface area contributed by atoms with Gasteiger partial charge in [-0.1, -0.05) is 13.8 Å². The molecule has 1 aromatic rings. The number of rotatable bonds is 4. The van der Waals surface area contributed by atoms with Crippen LogP contribution in [0, 0.1) is 16.7 Å². The monoisotopic (exact) mass is 454 g/mol. The average molecular weight is 455 g/mol. The van der Waals surface area contributed by atoms with E-state index in [1.165, 1.54) is 14.2 Å². The molecule has 3 aliphatic rings. The normalized spacial score (nSPS) is 23.3. The number of ketones is 1. The number of aromatic hydroxyl groups is 1. The largest absolute Gasteiger partial charge is 0.502 e. The molecule has 1 fully saturated rings. The maximum atomic E-state index is 13.6. The zero-order valence-corrected chi connectivity index (χ0v) is 19.5. The molecule has 176 valence electrons. The van der Waals surface area contributed by atoms with E-state index in [0.29, 0.717) is 56.1 Å². The summed E-state index contributed by atoms with van der Waals surface area (Å²) in [7, 11) is 2.88. The fourth-order valence-corrected chi connectivity index (χ4v) is 4.98. The number of Topliss-reactive ketones (excluding diaryl/α,β-unsaturated/α-hetero) is 1. The maximum absolute atomic E-state index is 13.6. The first-order valence-electron chi connectivity index (χ1n) is 11.0. The summed E-state index contributed by atoms with van der Waals surface area (Å²) in [5.41, 5.74) is 8.65. The van der Waals surface area contributed by atoms with Crippen molar-refractivity contribution in [3.63, 3.8) is 0 Å². The molecule has 0 spiro atoms. The highest BCUT2D eigenvalue weighted by Crippen LogP contribution is 2.51. The molecule has 3 N–H and O–H groups in total. The Morgan fingerprint density at radius 1 is 1.18 bits per heavy atom. The smallest absolute Gasteiger partial charge is 0.200 e. The van der Waals surface area contributed by atoms with Gasteiger partial charge < -0.3 is 25.1 Å². The van der Waals surface area contributed by atoms with Crippen molar-refractivity contribution in [3.05, 3.63) is 40.4 Å². The summed E-state index contributed by atoms with van der Waals surface area (Å²) in [4.78, 5) is 13.6. The van der Waals surface area contributed by atoms with E-state index in [4.69, 9.17) is 19.9 Å². The minimum absolute atomic E-state index is 0.0178. The molecule has 0 bridgehead atoms. The van der Waals surface area contributed by atoms with Gasteiger partial charge in [0.1, 0.15) is 5.82 Å². The van der Waals surface area contributed by atoms with Crippen LogP contribution in [0.2, 0.25) is 0 Å². The molecule has 9 heteroatoms. The molecule has 2 heterocycles. The zero-order chi connectivity index (χ0) is 23.9. The first-order valence-corrected chi connectivity index (χ1v) is 11.0. The van der Waals surface area contributed by atoms with Gasteiger partial charge in [-0.25, -0.2) is 5.01 Å². The maximum Gasteiger partial charge on any atom is 0.200 e. The number of carbonyl (C=O) groups excluding carboxylic acids is 1. The number of phenols is 1. The molecule has 0 saturated carbocycles. The lowest BCUT2D eigenvalue weighted by molar-refractivity contribution is -0.119. The zero-order valence-electron chi connectivity index (χ0n) is 19.5. The van der Waals surface area contributed by atoms with E-state index in [0.717, 1.165) is 5.70 Å². The Bertz CT molecular complexity index is 1050. The SMILES string of the molecule is COc1cc(C2C(C#N)=C(N)N(N3CCOCC3)C3=C2C(=O)CC(C)(C)C3)cc(OC)c1O. The van der Waals surface area contributed by atoms with E-state index in [1.54, 1.807) is 12.1 Å². The molecule has 0 radical (unpaired) electrons. The second kappa shape index (κ2) is 8.61. The van der Waals surface area contributed by atoms with Gasteiger partial charge in [-0.15, -0.1) is 0 Å². The van der Waals surface area contributed by atoms with Gasteiger partial charge in [-0.05, 0) is 29.5 Å². The number of hydrazine groups is 1. The summed E-state index contributed by atoms with van der Waals surface area (Å²) in [5.74, 6) is -0.150. The molecule has 33 heavy (non-hydrogen) atoms. The number of methoxy groups -OCH3 is 2. The van der Waals surface area contributed by atoms with E-state index >= 15 is 0 Å². The van der Waals surface area contributed by atoms with Crippen molar-refractivity contribution in [1.82, 2.24) is 10.0 Å². The van der Waals surface area contributed by atoms with E-state index in [2.05, 4.69) is 19.9 Å². The number of hydrogen-bond donors (Lipinski definition) is 2. The summed E-state index contributed by atoms with van der Waals surface area (Å²) in [5, 5.41) is 24.5. The number of allylic oxidation sites excluding steroid dienone is 3. The van der Waals surface area contributed by atoms with Gasteiger partial charge in [0.05, 0.1) is 45.0 Å². The van der Waals surface area contributed by atoms with Gasteiger partial charge in [0.25, 0.3) is 0 Å². The van der Waals surface area contributed by atoms with Gasteiger partial charge in [0, 0.05) is 30.8 Å². The van der Waals surface area contributed by atoms with Gasteiger partial charge in [-0.3, -0.25) is 9.80 Å². The van der Waals surface area contributed by atoms with Crippen molar-refractivity contribution in [3.8, 4) is 23.3 Å². The van der Waals surface area contributed by atoms with Crippen LogP contribution >= 0.6 is 0 Å². The highest BCUT2D eigenvalue weighted by atomic mass is 16.5. The Morgan fingerprint density at radius 3 is 2.33 bits per heavy atom. The van der Waals surface area contributed by atoms with Crippen LogP contribution < -0.4 is 15.2 Å². The predicted molar refractivity (Wildman–Crippen MR) is 120 cm³/mol. The Labute approximate surface area is 193 Å². The molecular formula is C24H30N4O5. The summed E-state index contributed by atoms with van der Waals surface area (Å²) in [6.45, 7) is 6.43. The van der Waals surface area contributed by atoms with Crippen molar-refractivity contribution < 1.29 is 24.1 Å². The lowest BCUT2D eigenvalue weighted by atomic mass is 9.69. The van der Waals surface area contributed by atoms with Crippen LogP contribution in [0.3, 0.4) is 0 Å². The molecule has 1 saturated heterocycles. The Kier molecular flexibility index (Phi) is 5.99. The number of carbonyl (C=O) groups is 1. The molecule has 1 aliphatic carbocycles. The second-order valence-corrected chi connectivity index (χ2v) is 9.30. The van der Waals surface area contributed by atoms with Gasteiger partial charge in [0.2, 0.25) is 5.75 Å². The topological polar surface area (TPSA) is 121 Å². The van der Waals surface area contributed by atoms with E-state index in [-0.39, 0.29) is 34.0 Å². The molecule has 0 amide bonds. The molecule has 1 aromatic carbocycles. The number of nitrogens with zero attached hydrogens (tertiary/aromatic N) is 3. The van der Waals surface area contributed by atoms with Crippen LogP contribution in [-0.4, -0.2) is 61.4 Å². The highest BCUT2D eigenvalue weighted by Gasteiger charge is 2.46. The number of phenolic OH excluding ortho intramolecular Hbond substituents is 1. The number of ether oxygens (including phenoxy) is 3. The third-order valence-electron chi connectivity index (χ3n) is 6.46. The fraction of sp³-hybridized carbons (Fsp3) is 0.500. The Hall–Kier alpha value is -3.22. The minimum Gasteiger partial charge on any atom is -0.502 e. The molecular weight excluding hydrogens is 424 g/mol. The number of benzene rings is 1. The van der Waals surface area contributed by atoms with Crippen LogP contribution in [0.5, 0.6) is 17.2 Å². The number of nitriles is 1. The van der Waals surface area contributed by atoms with Crippen LogP contribution in [0.4, 0.5) is 0 Å². The first-order chi connectivity index (χ1) is 15.7.